The molecule has 0 bridgehead atoms. The van der Waals surface area contributed by atoms with Crippen molar-refractivity contribution in [2.75, 3.05) is 13.1 Å². The third kappa shape index (κ3) is 2.46. The third-order valence-electron chi connectivity index (χ3n) is 4.25. The first-order valence-corrected chi connectivity index (χ1v) is 7.21. The zero-order valence-corrected chi connectivity index (χ0v) is 12.6. The predicted octanol–water partition coefficient (Wildman–Crippen LogP) is 2.21. The maximum absolute atomic E-state index is 12.5. The van der Waals surface area contributed by atoms with Crippen LogP contribution in [0, 0.1) is 13.8 Å². The van der Waals surface area contributed by atoms with Crippen molar-refractivity contribution in [3.05, 3.63) is 35.3 Å². The molecule has 0 spiro atoms. The Kier molecular flexibility index (Phi) is 3.31. The van der Waals surface area contributed by atoms with Crippen molar-refractivity contribution in [3.8, 4) is 0 Å². The van der Waals surface area contributed by atoms with Crippen molar-refractivity contribution in [1.82, 2.24) is 20.1 Å². The summed E-state index contributed by atoms with van der Waals surface area (Å²) in [6.07, 6.45) is 5.28. The van der Waals surface area contributed by atoms with Crippen molar-refractivity contribution in [2.45, 2.75) is 39.0 Å². The lowest BCUT2D eigenvalue weighted by Gasteiger charge is -2.40. The monoisotopic (exact) mass is 288 g/mol. The van der Waals surface area contributed by atoms with Gasteiger partial charge in [0.15, 0.2) is 11.6 Å². The van der Waals surface area contributed by atoms with Gasteiger partial charge in [0.2, 0.25) is 0 Å². The Hall–Kier alpha value is -2.11. The van der Waals surface area contributed by atoms with Crippen molar-refractivity contribution in [3.63, 3.8) is 0 Å². The van der Waals surface area contributed by atoms with Gasteiger partial charge in [-0.15, -0.1) is 0 Å². The summed E-state index contributed by atoms with van der Waals surface area (Å²) in [5.41, 5.74) is 2.56. The van der Waals surface area contributed by atoms with E-state index in [9.17, 15) is 4.79 Å². The molecule has 0 saturated carbocycles. The van der Waals surface area contributed by atoms with E-state index in [0.29, 0.717) is 18.1 Å². The maximum atomic E-state index is 12.5. The van der Waals surface area contributed by atoms with E-state index in [-0.39, 0.29) is 11.3 Å². The van der Waals surface area contributed by atoms with Gasteiger partial charge in [0, 0.05) is 31.1 Å². The minimum absolute atomic E-state index is 0.0602. The Morgan fingerprint density at radius 1 is 1.48 bits per heavy atom. The first-order valence-electron chi connectivity index (χ1n) is 7.21. The summed E-state index contributed by atoms with van der Waals surface area (Å²) < 4.78 is 5.15. The number of likely N-dealkylation sites (tertiary alicyclic amines) is 1. The fourth-order valence-electron chi connectivity index (χ4n) is 3.20. The molecule has 1 aliphatic heterocycles. The van der Waals surface area contributed by atoms with Gasteiger partial charge in [-0.05, 0) is 25.3 Å². The first-order chi connectivity index (χ1) is 9.99. The minimum Gasteiger partial charge on any atom is -0.448 e. The van der Waals surface area contributed by atoms with E-state index in [2.05, 4.69) is 22.1 Å². The van der Waals surface area contributed by atoms with E-state index < -0.39 is 0 Å². The second-order valence-corrected chi connectivity index (χ2v) is 6.07. The average Bonchev–Trinajstić information content (AvgIpc) is 3.07. The number of carbonyl (C=O) groups excluding carboxylic acids is 1. The molecule has 2 aromatic heterocycles. The van der Waals surface area contributed by atoms with E-state index in [0.717, 1.165) is 30.6 Å². The van der Waals surface area contributed by atoms with Crippen LogP contribution < -0.4 is 0 Å². The van der Waals surface area contributed by atoms with Gasteiger partial charge in [-0.1, -0.05) is 6.92 Å². The highest BCUT2D eigenvalue weighted by atomic mass is 16.3. The van der Waals surface area contributed by atoms with Crippen LogP contribution >= 0.6 is 0 Å². The lowest BCUT2D eigenvalue weighted by Crippen LogP contribution is -2.47. The fraction of sp³-hybridized carbons (Fsp3) is 0.533. The number of carbonyl (C=O) groups is 1. The molecule has 1 atom stereocenters. The fourth-order valence-corrected chi connectivity index (χ4v) is 3.20. The van der Waals surface area contributed by atoms with Crippen LogP contribution in [0.3, 0.4) is 0 Å². The molecule has 1 saturated heterocycles. The largest absolute Gasteiger partial charge is 0.448 e. The number of rotatable bonds is 2. The van der Waals surface area contributed by atoms with E-state index in [1.165, 1.54) is 6.26 Å². The van der Waals surface area contributed by atoms with Gasteiger partial charge in [0.1, 0.15) is 6.26 Å². The van der Waals surface area contributed by atoms with Crippen molar-refractivity contribution in [2.24, 2.45) is 0 Å². The van der Waals surface area contributed by atoms with Crippen LogP contribution in [0.4, 0.5) is 0 Å². The standard InChI is InChI=1S/C15H20N4O2/c1-10-7-16-18-13(10)15(3)5-4-6-19(9-15)14(20)12-8-21-11(2)17-12/h7-8H,4-6,9H2,1-3H3,(H,16,18)/t15-/m0/s1. The normalized spacial score (nSPS) is 22.5. The van der Waals surface area contributed by atoms with Gasteiger partial charge >= 0.3 is 0 Å². The Labute approximate surface area is 123 Å². The SMILES string of the molecule is Cc1nc(C(=O)N2CCC[C@](C)(c3[nH]ncc3C)C2)co1. The molecule has 2 aromatic rings. The summed E-state index contributed by atoms with van der Waals surface area (Å²) in [5, 5.41) is 7.21. The first kappa shape index (κ1) is 13.9. The van der Waals surface area contributed by atoms with E-state index >= 15 is 0 Å². The maximum Gasteiger partial charge on any atom is 0.275 e. The number of nitrogens with zero attached hydrogens (tertiary/aromatic N) is 3. The van der Waals surface area contributed by atoms with Gasteiger partial charge in [0.25, 0.3) is 5.91 Å². The highest BCUT2D eigenvalue weighted by Crippen LogP contribution is 2.34. The highest BCUT2D eigenvalue weighted by Gasteiger charge is 2.37. The molecule has 0 radical (unpaired) electrons. The zero-order valence-electron chi connectivity index (χ0n) is 12.6. The van der Waals surface area contributed by atoms with Gasteiger partial charge in [-0.25, -0.2) is 4.98 Å². The van der Waals surface area contributed by atoms with E-state index in [1.807, 2.05) is 18.0 Å². The predicted molar refractivity (Wildman–Crippen MR) is 77.1 cm³/mol. The number of aromatic amines is 1. The molecule has 1 aliphatic rings. The summed E-state index contributed by atoms with van der Waals surface area (Å²) in [6.45, 7) is 7.40. The summed E-state index contributed by atoms with van der Waals surface area (Å²) in [6, 6.07) is 0. The highest BCUT2D eigenvalue weighted by molar-refractivity contribution is 5.92. The number of H-pyrrole nitrogens is 1. The van der Waals surface area contributed by atoms with Crippen LogP contribution in [0.15, 0.2) is 16.9 Å². The summed E-state index contributed by atoms with van der Waals surface area (Å²) >= 11 is 0. The van der Waals surface area contributed by atoms with Crippen molar-refractivity contribution < 1.29 is 9.21 Å². The van der Waals surface area contributed by atoms with E-state index in [1.54, 1.807) is 6.92 Å². The van der Waals surface area contributed by atoms with Crippen molar-refractivity contribution in [1.29, 1.82) is 0 Å². The number of oxazole rings is 1. The number of hydrogen-bond acceptors (Lipinski definition) is 4. The molecule has 112 valence electrons. The number of aryl methyl sites for hydroxylation is 2. The van der Waals surface area contributed by atoms with Gasteiger partial charge in [0.05, 0.1) is 6.20 Å². The summed E-state index contributed by atoms with van der Waals surface area (Å²) in [4.78, 5) is 18.5. The van der Waals surface area contributed by atoms with Crippen molar-refractivity contribution >= 4 is 5.91 Å². The molecule has 1 fully saturated rings. The Morgan fingerprint density at radius 3 is 2.90 bits per heavy atom. The Morgan fingerprint density at radius 2 is 2.29 bits per heavy atom. The number of piperidine rings is 1. The van der Waals surface area contributed by atoms with Crippen LogP contribution in [0.2, 0.25) is 0 Å². The van der Waals surface area contributed by atoms with Gasteiger partial charge in [-0.2, -0.15) is 5.10 Å². The smallest absolute Gasteiger partial charge is 0.275 e. The lowest BCUT2D eigenvalue weighted by atomic mass is 9.77. The van der Waals surface area contributed by atoms with Crippen LogP contribution in [-0.4, -0.2) is 39.1 Å². The molecule has 1 amide bonds. The number of amides is 1. The lowest BCUT2D eigenvalue weighted by molar-refractivity contribution is 0.0641. The second-order valence-electron chi connectivity index (χ2n) is 6.07. The van der Waals surface area contributed by atoms with Crippen LogP contribution in [-0.2, 0) is 5.41 Å². The summed E-state index contributed by atoms with van der Waals surface area (Å²) in [5.74, 6) is 0.456. The zero-order chi connectivity index (χ0) is 15.0. The molecule has 0 aromatic carbocycles. The van der Waals surface area contributed by atoms with Gasteiger partial charge < -0.3 is 9.32 Å². The molecule has 3 heterocycles. The van der Waals surface area contributed by atoms with Crippen LogP contribution in [0.25, 0.3) is 0 Å². The Bertz CT molecular complexity index is 660. The molecular weight excluding hydrogens is 268 g/mol. The molecule has 0 aliphatic carbocycles. The quantitative estimate of drug-likeness (QED) is 0.919. The Balaban J connectivity index is 1.83. The number of aromatic nitrogens is 3. The van der Waals surface area contributed by atoms with Gasteiger partial charge in [-0.3, -0.25) is 9.89 Å². The molecule has 21 heavy (non-hydrogen) atoms. The number of nitrogens with one attached hydrogen (secondary N) is 1. The molecule has 0 unspecified atom stereocenters. The molecule has 6 nitrogen and oxygen atoms in total. The molecule has 3 rings (SSSR count). The van der Waals surface area contributed by atoms with E-state index in [4.69, 9.17) is 4.42 Å². The topological polar surface area (TPSA) is 75.0 Å². The third-order valence-corrected chi connectivity index (χ3v) is 4.25. The van der Waals surface area contributed by atoms with Crippen LogP contribution in [0.1, 0.15) is 47.4 Å². The number of hydrogen-bond donors (Lipinski definition) is 1. The van der Waals surface area contributed by atoms with Crippen LogP contribution in [0.5, 0.6) is 0 Å². The average molecular weight is 288 g/mol. The summed E-state index contributed by atoms with van der Waals surface area (Å²) in [7, 11) is 0. The second kappa shape index (κ2) is 5.02. The molecular formula is C15H20N4O2. The molecule has 1 N–H and O–H groups in total. The minimum atomic E-state index is -0.0900. The molecule has 6 heteroatoms.